The first-order chi connectivity index (χ1) is 10.4. The quantitative estimate of drug-likeness (QED) is 0.760. The van der Waals surface area contributed by atoms with E-state index < -0.39 is 0 Å². The number of rotatable bonds is 6. The lowest BCUT2D eigenvalue weighted by Gasteiger charge is -2.05. The Labute approximate surface area is 126 Å². The Kier molecular flexibility index (Phi) is 3.33. The molecule has 0 spiro atoms. The highest BCUT2D eigenvalue weighted by atomic mass is 32.1. The third-order valence-electron chi connectivity index (χ3n) is 3.48. The molecule has 4 rings (SSSR count). The Morgan fingerprint density at radius 3 is 3.05 bits per heavy atom. The van der Waals surface area contributed by atoms with E-state index in [1.165, 1.54) is 12.8 Å². The number of pyridine rings is 1. The van der Waals surface area contributed by atoms with Gasteiger partial charge in [0.2, 0.25) is 0 Å². The molecular weight excluding hydrogens is 284 g/mol. The molecule has 0 radical (unpaired) electrons. The molecule has 3 heterocycles. The van der Waals surface area contributed by atoms with Crippen molar-refractivity contribution in [2.45, 2.75) is 32.0 Å². The third kappa shape index (κ3) is 3.06. The van der Waals surface area contributed by atoms with Crippen molar-refractivity contribution in [2.24, 2.45) is 0 Å². The highest BCUT2D eigenvalue weighted by molar-refractivity contribution is 7.15. The van der Waals surface area contributed by atoms with Crippen molar-refractivity contribution in [3.05, 3.63) is 47.5 Å². The van der Waals surface area contributed by atoms with Gasteiger partial charge in [0, 0.05) is 30.4 Å². The first-order valence-corrected chi connectivity index (χ1v) is 7.97. The minimum absolute atomic E-state index is 0.468. The molecule has 1 saturated carbocycles. The molecule has 108 valence electrons. The lowest BCUT2D eigenvalue weighted by molar-refractivity contribution is 0.300. The molecular formula is C15H16N4OS. The summed E-state index contributed by atoms with van der Waals surface area (Å²) in [6.45, 7) is 1.30. The Hall–Kier alpha value is -1.92. The van der Waals surface area contributed by atoms with E-state index in [0.717, 1.165) is 28.6 Å². The second-order valence-electron chi connectivity index (χ2n) is 5.25. The van der Waals surface area contributed by atoms with Crippen LogP contribution in [0, 0.1) is 0 Å². The van der Waals surface area contributed by atoms with Crippen molar-refractivity contribution in [1.82, 2.24) is 19.7 Å². The molecule has 21 heavy (non-hydrogen) atoms. The van der Waals surface area contributed by atoms with Crippen molar-refractivity contribution in [3.63, 3.8) is 0 Å². The molecule has 0 atom stereocenters. The summed E-state index contributed by atoms with van der Waals surface area (Å²) in [6.07, 6.45) is 8.36. The Morgan fingerprint density at radius 2 is 2.29 bits per heavy atom. The van der Waals surface area contributed by atoms with Crippen LogP contribution in [0.1, 0.15) is 24.2 Å². The van der Waals surface area contributed by atoms with Crippen LogP contribution in [0.5, 0.6) is 5.75 Å². The van der Waals surface area contributed by atoms with Crippen molar-refractivity contribution in [2.75, 3.05) is 0 Å². The Morgan fingerprint density at radius 1 is 1.33 bits per heavy atom. The number of hydrogen-bond acceptors (Lipinski definition) is 5. The average molecular weight is 300 g/mol. The van der Waals surface area contributed by atoms with E-state index in [0.29, 0.717) is 12.6 Å². The van der Waals surface area contributed by atoms with E-state index in [1.54, 1.807) is 17.5 Å². The molecule has 6 heteroatoms. The summed E-state index contributed by atoms with van der Waals surface area (Å²) in [6, 6.07) is 4.68. The number of nitrogens with one attached hydrogen (secondary N) is 1. The van der Waals surface area contributed by atoms with Gasteiger partial charge in [-0.3, -0.25) is 9.38 Å². The van der Waals surface area contributed by atoms with Gasteiger partial charge in [-0.25, -0.2) is 4.98 Å². The minimum Gasteiger partial charge on any atom is -0.486 e. The zero-order valence-electron chi connectivity index (χ0n) is 11.5. The maximum Gasteiger partial charge on any atom is 0.193 e. The Balaban J connectivity index is 1.34. The topological polar surface area (TPSA) is 51.5 Å². The lowest BCUT2D eigenvalue weighted by Crippen LogP contribution is -2.16. The van der Waals surface area contributed by atoms with Gasteiger partial charge in [0.15, 0.2) is 4.96 Å². The molecule has 0 bridgehead atoms. The van der Waals surface area contributed by atoms with Crippen LogP contribution in [0.3, 0.4) is 0 Å². The van der Waals surface area contributed by atoms with E-state index >= 15 is 0 Å². The maximum atomic E-state index is 5.73. The van der Waals surface area contributed by atoms with E-state index in [9.17, 15) is 0 Å². The summed E-state index contributed by atoms with van der Waals surface area (Å²) >= 11 is 1.62. The number of imidazole rings is 1. The zero-order chi connectivity index (χ0) is 14.1. The largest absolute Gasteiger partial charge is 0.486 e. The fourth-order valence-electron chi connectivity index (χ4n) is 2.14. The maximum absolute atomic E-state index is 5.73. The van der Waals surface area contributed by atoms with E-state index in [2.05, 4.69) is 15.3 Å². The second kappa shape index (κ2) is 5.46. The molecule has 1 fully saturated rings. The van der Waals surface area contributed by atoms with Crippen molar-refractivity contribution < 1.29 is 4.74 Å². The number of hydrogen-bond donors (Lipinski definition) is 1. The normalized spacial score (nSPS) is 14.7. The van der Waals surface area contributed by atoms with E-state index in [4.69, 9.17) is 4.74 Å². The van der Waals surface area contributed by atoms with Crippen molar-refractivity contribution in [3.8, 4) is 5.75 Å². The van der Waals surface area contributed by atoms with Gasteiger partial charge in [-0.15, -0.1) is 11.3 Å². The zero-order valence-corrected chi connectivity index (χ0v) is 12.3. The summed E-state index contributed by atoms with van der Waals surface area (Å²) < 4.78 is 7.74. The summed E-state index contributed by atoms with van der Waals surface area (Å²) in [5.74, 6) is 0.779. The van der Waals surface area contributed by atoms with Gasteiger partial charge in [0.1, 0.15) is 12.4 Å². The van der Waals surface area contributed by atoms with Gasteiger partial charge >= 0.3 is 0 Å². The van der Waals surface area contributed by atoms with Gasteiger partial charge in [0.05, 0.1) is 17.6 Å². The smallest absolute Gasteiger partial charge is 0.193 e. The van der Waals surface area contributed by atoms with Crippen molar-refractivity contribution >= 4 is 16.3 Å². The number of nitrogens with zero attached hydrogens (tertiary/aromatic N) is 3. The average Bonchev–Trinajstić information content (AvgIpc) is 3.10. The molecule has 0 saturated heterocycles. The minimum atomic E-state index is 0.468. The van der Waals surface area contributed by atoms with Crippen LogP contribution in [0.15, 0.2) is 36.1 Å². The third-order valence-corrected chi connectivity index (χ3v) is 4.25. The summed E-state index contributed by atoms with van der Waals surface area (Å²) in [5.41, 5.74) is 1.98. The predicted octanol–water partition coefficient (Wildman–Crippen LogP) is 2.62. The second-order valence-corrected chi connectivity index (χ2v) is 6.13. The number of thiazole rings is 1. The fraction of sp³-hybridized carbons (Fsp3) is 0.333. The lowest BCUT2D eigenvalue weighted by atomic mass is 10.3. The van der Waals surface area contributed by atoms with Crippen LogP contribution in [0.4, 0.5) is 0 Å². The van der Waals surface area contributed by atoms with Gasteiger partial charge in [-0.05, 0) is 25.0 Å². The highest BCUT2D eigenvalue weighted by Crippen LogP contribution is 2.19. The fourth-order valence-corrected chi connectivity index (χ4v) is 2.86. The molecule has 5 nitrogen and oxygen atoms in total. The number of aromatic nitrogens is 3. The molecule has 1 aliphatic rings. The monoisotopic (exact) mass is 300 g/mol. The van der Waals surface area contributed by atoms with Crippen LogP contribution in [0.25, 0.3) is 4.96 Å². The highest BCUT2D eigenvalue weighted by Gasteiger charge is 2.20. The molecule has 0 unspecified atom stereocenters. The standard InChI is InChI=1S/C15H16N4OS/c1-2-11(1)16-7-12-3-4-14(8-17-12)20-10-13-9-19-5-6-21-15(19)18-13/h3-6,8-9,11,16H,1-2,7,10H2. The molecule has 0 aliphatic heterocycles. The van der Waals surface area contributed by atoms with Gasteiger partial charge in [0.25, 0.3) is 0 Å². The van der Waals surface area contributed by atoms with Crippen LogP contribution in [0.2, 0.25) is 0 Å². The molecule has 3 aromatic heterocycles. The van der Waals surface area contributed by atoms with Gasteiger partial charge in [-0.1, -0.05) is 0 Å². The van der Waals surface area contributed by atoms with Crippen molar-refractivity contribution in [1.29, 1.82) is 0 Å². The van der Waals surface area contributed by atoms with E-state index in [1.807, 2.05) is 34.3 Å². The van der Waals surface area contributed by atoms with E-state index in [-0.39, 0.29) is 0 Å². The van der Waals surface area contributed by atoms with Gasteiger partial charge in [-0.2, -0.15) is 0 Å². The molecule has 1 aliphatic carbocycles. The Bertz CT molecular complexity index is 701. The molecule has 3 aromatic rings. The number of fused-ring (bicyclic) bond motifs is 1. The van der Waals surface area contributed by atoms with Crippen LogP contribution >= 0.6 is 11.3 Å². The first-order valence-electron chi connectivity index (χ1n) is 7.09. The van der Waals surface area contributed by atoms with Crippen LogP contribution in [-0.2, 0) is 13.2 Å². The van der Waals surface area contributed by atoms with Crippen LogP contribution in [-0.4, -0.2) is 20.4 Å². The molecule has 0 aromatic carbocycles. The number of ether oxygens (including phenoxy) is 1. The molecule has 1 N–H and O–H groups in total. The summed E-state index contributed by atoms with van der Waals surface area (Å²) in [5, 5.41) is 5.47. The summed E-state index contributed by atoms with van der Waals surface area (Å²) in [7, 11) is 0. The first kappa shape index (κ1) is 12.8. The van der Waals surface area contributed by atoms with Gasteiger partial charge < -0.3 is 10.1 Å². The SMILES string of the molecule is c1cn2cc(COc3ccc(CNC4CC4)nc3)nc2s1. The summed E-state index contributed by atoms with van der Waals surface area (Å²) in [4.78, 5) is 9.89. The van der Waals surface area contributed by atoms with Crippen LogP contribution < -0.4 is 10.1 Å². The predicted molar refractivity (Wildman–Crippen MR) is 81.5 cm³/mol. The molecule has 0 amide bonds.